The van der Waals surface area contributed by atoms with Crippen molar-refractivity contribution in [2.75, 3.05) is 13.1 Å². The summed E-state index contributed by atoms with van der Waals surface area (Å²) in [7, 11) is 0. The molecule has 4 nitrogen and oxygen atoms in total. The molecule has 0 bridgehead atoms. The summed E-state index contributed by atoms with van der Waals surface area (Å²) in [4.78, 5) is 14.4. The fraction of sp³-hybridized carbons (Fsp3) is 0.562. The molecule has 0 unspecified atom stereocenters. The third-order valence-corrected chi connectivity index (χ3v) is 3.78. The molecule has 110 valence electrons. The SMILES string of the molecule is CC[C@H](Oc1ccccc1C)C(=O)N1CCC[C@@H](N)C1. The molecule has 4 heteroatoms. The second kappa shape index (κ2) is 6.75. The predicted octanol–water partition coefficient (Wildman–Crippen LogP) is 2.10. The van der Waals surface area contributed by atoms with E-state index in [1.165, 1.54) is 0 Å². The molecule has 0 radical (unpaired) electrons. The highest BCUT2D eigenvalue weighted by Gasteiger charge is 2.28. The molecular weight excluding hydrogens is 252 g/mol. The first-order valence-corrected chi connectivity index (χ1v) is 7.38. The monoisotopic (exact) mass is 276 g/mol. The summed E-state index contributed by atoms with van der Waals surface area (Å²) in [6.07, 6.45) is 2.23. The Balaban J connectivity index is 2.04. The van der Waals surface area contributed by atoms with Crippen molar-refractivity contribution in [3.63, 3.8) is 0 Å². The van der Waals surface area contributed by atoms with Crippen LogP contribution in [-0.4, -0.2) is 36.0 Å². The Morgan fingerprint density at radius 1 is 1.50 bits per heavy atom. The number of amides is 1. The number of hydrogen-bond donors (Lipinski definition) is 1. The van der Waals surface area contributed by atoms with E-state index in [0.717, 1.165) is 30.7 Å². The van der Waals surface area contributed by atoms with E-state index in [0.29, 0.717) is 13.0 Å². The van der Waals surface area contributed by atoms with Gasteiger partial charge in [0.2, 0.25) is 0 Å². The molecule has 0 aromatic heterocycles. The number of carbonyl (C=O) groups is 1. The lowest BCUT2D eigenvalue weighted by Crippen LogP contribution is -2.50. The zero-order valence-corrected chi connectivity index (χ0v) is 12.3. The molecule has 0 aliphatic carbocycles. The Morgan fingerprint density at radius 2 is 2.25 bits per heavy atom. The smallest absolute Gasteiger partial charge is 0.263 e. The standard InChI is InChI=1S/C16H24N2O2/c1-3-14(20-15-9-5-4-7-12(15)2)16(19)18-10-6-8-13(17)11-18/h4-5,7,9,13-14H,3,6,8,10-11,17H2,1-2H3/t13-,14+/m1/s1. The van der Waals surface area contributed by atoms with Crippen LogP contribution in [0.5, 0.6) is 5.75 Å². The van der Waals surface area contributed by atoms with Crippen molar-refractivity contribution in [1.82, 2.24) is 4.90 Å². The summed E-state index contributed by atoms with van der Waals surface area (Å²) in [6.45, 7) is 5.40. The molecule has 2 rings (SSSR count). The van der Waals surface area contributed by atoms with Crippen LogP contribution >= 0.6 is 0 Å². The average Bonchev–Trinajstić information content (AvgIpc) is 2.46. The Kier molecular flexibility index (Phi) is 5.01. The fourth-order valence-corrected chi connectivity index (χ4v) is 2.56. The van der Waals surface area contributed by atoms with E-state index in [2.05, 4.69) is 0 Å². The van der Waals surface area contributed by atoms with Crippen LogP contribution in [0.1, 0.15) is 31.7 Å². The third-order valence-electron chi connectivity index (χ3n) is 3.78. The Hall–Kier alpha value is -1.55. The van der Waals surface area contributed by atoms with Gasteiger partial charge in [-0.3, -0.25) is 4.79 Å². The molecule has 1 saturated heterocycles. The largest absolute Gasteiger partial charge is 0.480 e. The minimum atomic E-state index is -0.415. The van der Waals surface area contributed by atoms with Crippen molar-refractivity contribution < 1.29 is 9.53 Å². The first kappa shape index (κ1) is 14.9. The highest BCUT2D eigenvalue weighted by atomic mass is 16.5. The molecule has 1 aromatic rings. The molecule has 1 aliphatic heterocycles. The second-order valence-corrected chi connectivity index (χ2v) is 5.47. The van der Waals surface area contributed by atoms with Gasteiger partial charge in [-0.25, -0.2) is 0 Å². The van der Waals surface area contributed by atoms with Crippen LogP contribution in [0, 0.1) is 6.92 Å². The van der Waals surface area contributed by atoms with Crippen molar-refractivity contribution in [2.24, 2.45) is 5.73 Å². The van der Waals surface area contributed by atoms with E-state index in [1.807, 2.05) is 43.0 Å². The zero-order valence-electron chi connectivity index (χ0n) is 12.3. The summed E-state index contributed by atoms with van der Waals surface area (Å²) in [6, 6.07) is 7.89. The van der Waals surface area contributed by atoms with Crippen molar-refractivity contribution in [3.8, 4) is 5.75 Å². The molecule has 1 amide bonds. The van der Waals surface area contributed by atoms with Gasteiger partial charge in [0.15, 0.2) is 6.10 Å². The Labute approximate surface area is 120 Å². The normalized spacial score (nSPS) is 20.6. The van der Waals surface area contributed by atoms with E-state index < -0.39 is 6.10 Å². The molecule has 1 aromatic carbocycles. The van der Waals surface area contributed by atoms with Crippen LogP contribution in [0.3, 0.4) is 0 Å². The number of hydrogen-bond acceptors (Lipinski definition) is 3. The van der Waals surface area contributed by atoms with E-state index in [9.17, 15) is 4.79 Å². The number of likely N-dealkylation sites (tertiary alicyclic amines) is 1. The third kappa shape index (κ3) is 3.51. The molecule has 2 N–H and O–H groups in total. The minimum Gasteiger partial charge on any atom is -0.480 e. The van der Waals surface area contributed by atoms with Gasteiger partial charge in [-0.2, -0.15) is 0 Å². The van der Waals surface area contributed by atoms with Gasteiger partial charge >= 0.3 is 0 Å². The van der Waals surface area contributed by atoms with Gasteiger partial charge in [-0.15, -0.1) is 0 Å². The second-order valence-electron chi connectivity index (χ2n) is 5.47. The molecule has 1 heterocycles. The van der Waals surface area contributed by atoms with E-state index in [1.54, 1.807) is 0 Å². The minimum absolute atomic E-state index is 0.0610. The Bertz CT molecular complexity index is 462. The van der Waals surface area contributed by atoms with E-state index in [-0.39, 0.29) is 11.9 Å². The number of piperidine rings is 1. The van der Waals surface area contributed by atoms with Gasteiger partial charge in [0.1, 0.15) is 5.75 Å². The van der Waals surface area contributed by atoms with Crippen molar-refractivity contribution in [1.29, 1.82) is 0 Å². The highest BCUT2D eigenvalue weighted by molar-refractivity contribution is 5.81. The van der Waals surface area contributed by atoms with Crippen LogP contribution in [0.4, 0.5) is 0 Å². The van der Waals surface area contributed by atoms with Gasteiger partial charge in [0.25, 0.3) is 5.91 Å². The Morgan fingerprint density at radius 3 is 2.90 bits per heavy atom. The number of nitrogens with two attached hydrogens (primary N) is 1. The van der Waals surface area contributed by atoms with E-state index >= 15 is 0 Å². The number of rotatable bonds is 4. The first-order chi connectivity index (χ1) is 9.61. The van der Waals surface area contributed by atoms with Crippen molar-refractivity contribution >= 4 is 5.91 Å². The van der Waals surface area contributed by atoms with Crippen LogP contribution in [0.25, 0.3) is 0 Å². The number of ether oxygens (including phenoxy) is 1. The summed E-state index contributed by atoms with van der Waals surface area (Å²) >= 11 is 0. The topological polar surface area (TPSA) is 55.6 Å². The summed E-state index contributed by atoms with van der Waals surface area (Å²) < 4.78 is 5.91. The predicted molar refractivity (Wildman–Crippen MR) is 79.7 cm³/mol. The van der Waals surface area contributed by atoms with Crippen molar-refractivity contribution in [3.05, 3.63) is 29.8 Å². The van der Waals surface area contributed by atoms with Crippen LogP contribution in [0.2, 0.25) is 0 Å². The first-order valence-electron chi connectivity index (χ1n) is 7.38. The van der Waals surface area contributed by atoms with Gasteiger partial charge in [0.05, 0.1) is 0 Å². The number of nitrogens with zero attached hydrogens (tertiary/aromatic N) is 1. The number of aryl methyl sites for hydroxylation is 1. The molecule has 2 atom stereocenters. The lowest BCUT2D eigenvalue weighted by Gasteiger charge is -2.33. The molecule has 0 spiro atoms. The maximum atomic E-state index is 12.5. The van der Waals surface area contributed by atoms with Gasteiger partial charge < -0.3 is 15.4 Å². The molecule has 0 saturated carbocycles. The maximum absolute atomic E-state index is 12.5. The zero-order chi connectivity index (χ0) is 14.5. The molecule has 20 heavy (non-hydrogen) atoms. The van der Waals surface area contributed by atoms with Crippen LogP contribution < -0.4 is 10.5 Å². The van der Waals surface area contributed by atoms with E-state index in [4.69, 9.17) is 10.5 Å². The van der Waals surface area contributed by atoms with Gasteiger partial charge in [-0.05, 0) is 37.8 Å². The fourth-order valence-electron chi connectivity index (χ4n) is 2.56. The summed E-state index contributed by atoms with van der Waals surface area (Å²) in [5.41, 5.74) is 7.00. The highest BCUT2D eigenvalue weighted by Crippen LogP contribution is 2.20. The molecule has 1 fully saturated rings. The lowest BCUT2D eigenvalue weighted by atomic mass is 10.1. The van der Waals surface area contributed by atoms with Crippen LogP contribution in [-0.2, 0) is 4.79 Å². The number of benzene rings is 1. The molecule has 1 aliphatic rings. The van der Waals surface area contributed by atoms with Gasteiger partial charge in [-0.1, -0.05) is 25.1 Å². The molecular formula is C16H24N2O2. The number of para-hydroxylation sites is 1. The van der Waals surface area contributed by atoms with Gasteiger partial charge in [0, 0.05) is 19.1 Å². The maximum Gasteiger partial charge on any atom is 0.263 e. The lowest BCUT2D eigenvalue weighted by molar-refractivity contribution is -0.140. The number of carbonyl (C=O) groups excluding carboxylic acids is 1. The quantitative estimate of drug-likeness (QED) is 0.916. The van der Waals surface area contributed by atoms with Crippen molar-refractivity contribution in [2.45, 2.75) is 45.3 Å². The average molecular weight is 276 g/mol. The summed E-state index contributed by atoms with van der Waals surface area (Å²) in [5.74, 6) is 0.847. The summed E-state index contributed by atoms with van der Waals surface area (Å²) in [5, 5.41) is 0. The van der Waals surface area contributed by atoms with Crippen LogP contribution in [0.15, 0.2) is 24.3 Å².